The molecule has 42 heavy (non-hydrogen) atoms. The number of carbonyl (C=O) groups excluding carboxylic acids is 5. The van der Waals surface area contributed by atoms with Gasteiger partial charge in [0.2, 0.25) is 17.6 Å². The lowest BCUT2D eigenvalue weighted by atomic mass is 9.80. The molecule has 0 bridgehead atoms. The molecule has 0 radical (unpaired) electrons. The number of hydrogen-bond acceptors (Lipinski definition) is 5. The average Bonchev–Trinajstić information content (AvgIpc) is 3.58. The summed E-state index contributed by atoms with van der Waals surface area (Å²) in [4.78, 5) is 66.5. The zero-order chi connectivity index (χ0) is 30.5. The molecule has 5 N–H and O–H groups in total. The highest BCUT2D eigenvalue weighted by Gasteiger charge is 2.44. The van der Waals surface area contributed by atoms with Crippen LogP contribution in [0.3, 0.4) is 0 Å². The molecule has 2 saturated carbocycles. The van der Waals surface area contributed by atoms with E-state index >= 15 is 0 Å². The van der Waals surface area contributed by atoms with Gasteiger partial charge in [0.05, 0.1) is 6.04 Å². The predicted molar refractivity (Wildman–Crippen MR) is 159 cm³/mol. The molecule has 0 aromatic heterocycles. The Bertz CT molecular complexity index is 1150. The van der Waals surface area contributed by atoms with Gasteiger partial charge < -0.3 is 26.6 Å². The van der Waals surface area contributed by atoms with E-state index in [1.54, 1.807) is 0 Å². The highest BCUT2D eigenvalue weighted by Crippen LogP contribution is 2.34. The van der Waals surface area contributed by atoms with Gasteiger partial charge in [-0.25, -0.2) is 4.79 Å². The summed E-state index contributed by atoms with van der Waals surface area (Å²) in [5.74, 6) is -2.43. The maximum Gasteiger partial charge on any atom is 0.315 e. The number of nitrogens with zero attached hydrogens (tertiary/aromatic N) is 1. The summed E-state index contributed by atoms with van der Waals surface area (Å²) in [6.45, 7) is 6.02. The first-order chi connectivity index (χ1) is 19.9. The minimum absolute atomic E-state index is 0.262. The van der Waals surface area contributed by atoms with Crippen molar-refractivity contribution in [2.24, 2.45) is 17.1 Å². The molecule has 3 atom stereocenters. The Morgan fingerprint density at radius 1 is 0.952 bits per heavy atom. The number of benzene rings is 1. The fourth-order valence-electron chi connectivity index (χ4n) is 6.64. The number of likely N-dealkylation sites (tertiary alicyclic amines) is 1. The molecule has 1 saturated heterocycles. The van der Waals surface area contributed by atoms with Crippen molar-refractivity contribution in [3.63, 3.8) is 0 Å². The van der Waals surface area contributed by atoms with Crippen LogP contribution in [0.2, 0.25) is 0 Å². The van der Waals surface area contributed by atoms with Crippen LogP contribution in [0.5, 0.6) is 0 Å². The van der Waals surface area contributed by atoms with Crippen LogP contribution >= 0.6 is 0 Å². The Morgan fingerprint density at radius 3 is 2.19 bits per heavy atom. The minimum Gasteiger partial charge on any atom is -0.363 e. The quantitative estimate of drug-likeness (QED) is 0.296. The van der Waals surface area contributed by atoms with Crippen molar-refractivity contribution in [3.8, 4) is 0 Å². The molecule has 5 amide bonds. The van der Waals surface area contributed by atoms with Gasteiger partial charge in [-0.2, -0.15) is 0 Å². The van der Waals surface area contributed by atoms with Crippen LogP contribution < -0.4 is 21.7 Å². The average molecular weight is 582 g/mol. The van der Waals surface area contributed by atoms with E-state index in [4.69, 9.17) is 5.73 Å². The first kappa shape index (κ1) is 31.5. The van der Waals surface area contributed by atoms with Crippen LogP contribution in [0.15, 0.2) is 30.3 Å². The summed E-state index contributed by atoms with van der Waals surface area (Å²) >= 11 is 0. The molecule has 4 rings (SSSR count). The third-order valence-corrected chi connectivity index (χ3v) is 9.22. The largest absolute Gasteiger partial charge is 0.363 e. The molecular formula is C32H47N5O5. The number of carbonyl (C=O) groups is 5. The van der Waals surface area contributed by atoms with Gasteiger partial charge in [-0.05, 0) is 55.4 Å². The molecule has 1 aromatic rings. The van der Waals surface area contributed by atoms with Crippen LogP contribution in [-0.2, 0) is 25.6 Å². The Labute approximate surface area is 248 Å². The van der Waals surface area contributed by atoms with Gasteiger partial charge >= 0.3 is 6.03 Å². The molecule has 2 aliphatic carbocycles. The molecule has 230 valence electrons. The number of amides is 5. The Hall–Kier alpha value is -3.43. The number of nitrogens with one attached hydrogen (secondary N) is 3. The van der Waals surface area contributed by atoms with Gasteiger partial charge in [-0.1, -0.05) is 83.2 Å². The van der Waals surface area contributed by atoms with Gasteiger partial charge in [0.25, 0.3) is 5.91 Å². The van der Waals surface area contributed by atoms with E-state index in [2.05, 4.69) is 28.1 Å². The van der Waals surface area contributed by atoms with Crippen LogP contribution in [0.4, 0.5) is 4.79 Å². The number of nitrogens with two attached hydrogens (primary N) is 1. The second-order valence-electron chi connectivity index (χ2n) is 13.6. The Morgan fingerprint density at radius 2 is 1.62 bits per heavy atom. The fraction of sp³-hybridized carbons (Fsp3) is 0.656. The molecule has 0 spiro atoms. The SMILES string of the molecule is CC(C)(C)C(NC(=O)NC1(Cc2ccccc2)CCCC1)C(=O)N1CCCC1C(=O)NC(CC1CCC1)C(=O)C(N)=O. The summed E-state index contributed by atoms with van der Waals surface area (Å²) in [7, 11) is 0. The van der Waals surface area contributed by atoms with Crippen molar-refractivity contribution < 1.29 is 24.0 Å². The van der Waals surface area contributed by atoms with Crippen molar-refractivity contribution in [2.45, 2.75) is 115 Å². The molecule has 1 aromatic carbocycles. The number of rotatable bonds is 11. The lowest BCUT2D eigenvalue weighted by molar-refractivity contribution is -0.143. The topological polar surface area (TPSA) is 151 Å². The van der Waals surface area contributed by atoms with Gasteiger partial charge in [-0.3, -0.25) is 19.2 Å². The second-order valence-corrected chi connectivity index (χ2v) is 13.6. The van der Waals surface area contributed by atoms with E-state index in [-0.39, 0.29) is 17.4 Å². The molecule has 10 nitrogen and oxygen atoms in total. The van der Waals surface area contributed by atoms with Crippen molar-refractivity contribution >= 4 is 29.5 Å². The fourth-order valence-corrected chi connectivity index (χ4v) is 6.64. The molecular weight excluding hydrogens is 534 g/mol. The van der Waals surface area contributed by atoms with Crippen LogP contribution in [-0.4, -0.2) is 64.6 Å². The van der Waals surface area contributed by atoms with E-state index in [1.165, 1.54) is 4.90 Å². The Kier molecular flexibility index (Phi) is 9.94. The number of Topliss-reactive ketones (excluding diaryl/α,β-unsaturated/α-hetero) is 1. The molecule has 3 aliphatic rings. The lowest BCUT2D eigenvalue weighted by Gasteiger charge is -2.37. The number of primary amides is 1. The summed E-state index contributed by atoms with van der Waals surface area (Å²) in [6.07, 6.45) is 8.86. The zero-order valence-electron chi connectivity index (χ0n) is 25.2. The van der Waals surface area contributed by atoms with Crippen molar-refractivity contribution in [2.75, 3.05) is 6.54 Å². The highest BCUT2D eigenvalue weighted by molar-refractivity contribution is 6.37. The van der Waals surface area contributed by atoms with E-state index < -0.39 is 47.2 Å². The first-order valence-electron chi connectivity index (χ1n) is 15.5. The summed E-state index contributed by atoms with van der Waals surface area (Å²) in [6, 6.07) is 7.03. The van der Waals surface area contributed by atoms with Crippen molar-refractivity contribution in [1.29, 1.82) is 0 Å². The molecule has 3 fully saturated rings. The molecule has 10 heteroatoms. The summed E-state index contributed by atoms with van der Waals surface area (Å²) < 4.78 is 0. The maximum absolute atomic E-state index is 14.0. The van der Waals surface area contributed by atoms with Gasteiger partial charge in [0.1, 0.15) is 12.1 Å². The summed E-state index contributed by atoms with van der Waals surface area (Å²) in [5, 5.41) is 8.91. The smallest absolute Gasteiger partial charge is 0.315 e. The highest BCUT2D eigenvalue weighted by atomic mass is 16.2. The third-order valence-electron chi connectivity index (χ3n) is 9.22. The van der Waals surface area contributed by atoms with Gasteiger partial charge in [-0.15, -0.1) is 0 Å². The molecule has 3 unspecified atom stereocenters. The number of ketones is 1. The number of urea groups is 1. The normalized spacial score (nSPS) is 21.6. The second kappa shape index (κ2) is 13.3. The molecule has 1 heterocycles. The van der Waals surface area contributed by atoms with E-state index in [0.29, 0.717) is 25.8 Å². The first-order valence-corrected chi connectivity index (χ1v) is 15.5. The van der Waals surface area contributed by atoms with E-state index in [9.17, 15) is 24.0 Å². The van der Waals surface area contributed by atoms with Gasteiger partial charge in [0, 0.05) is 12.1 Å². The monoisotopic (exact) mass is 581 g/mol. The zero-order valence-corrected chi connectivity index (χ0v) is 25.2. The Balaban J connectivity index is 1.44. The van der Waals surface area contributed by atoms with Gasteiger partial charge in [0.15, 0.2) is 0 Å². The standard InChI is InChI=1S/C32H47N5O5/c1-31(2,3)26(35-30(42)36-32(16-7-8-17-32)20-22-11-5-4-6-12-22)29(41)37-18-10-15-24(37)28(40)34-23(25(38)27(33)39)19-21-13-9-14-21/h4-6,11-12,21,23-24,26H,7-10,13-20H2,1-3H3,(H2,33,39)(H,34,40)(H2,35,36,42). The minimum atomic E-state index is -1.07. The van der Waals surface area contributed by atoms with Crippen LogP contribution in [0.1, 0.15) is 90.5 Å². The van der Waals surface area contributed by atoms with Crippen LogP contribution in [0, 0.1) is 11.3 Å². The van der Waals surface area contributed by atoms with E-state index in [1.807, 2.05) is 39.0 Å². The third kappa shape index (κ3) is 7.69. The van der Waals surface area contributed by atoms with Crippen LogP contribution in [0.25, 0.3) is 0 Å². The molecule has 1 aliphatic heterocycles. The summed E-state index contributed by atoms with van der Waals surface area (Å²) in [5.41, 5.74) is 5.41. The van der Waals surface area contributed by atoms with Crippen molar-refractivity contribution in [1.82, 2.24) is 20.9 Å². The van der Waals surface area contributed by atoms with E-state index in [0.717, 1.165) is 56.9 Å². The van der Waals surface area contributed by atoms with Crippen molar-refractivity contribution in [3.05, 3.63) is 35.9 Å². The predicted octanol–water partition coefficient (Wildman–Crippen LogP) is 2.98. The maximum atomic E-state index is 14.0. The number of hydrogen-bond donors (Lipinski definition) is 4. The lowest BCUT2D eigenvalue weighted by Crippen LogP contribution is -2.62.